The van der Waals surface area contributed by atoms with Crippen LogP contribution in [0.3, 0.4) is 0 Å². The summed E-state index contributed by atoms with van der Waals surface area (Å²) in [6, 6.07) is 3.09. The number of carbonyl (C=O) groups is 1. The summed E-state index contributed by atoms with van der Waals surface area (Å²) in [5, 5.41) is 11.9. The SMILES string of the molecule is CNc1c(C(=O)O)ccc(Br)c1Cl. The molecule has 0 spiro atoms. The van der Waals surface area contributed by atoms with E-state index >= 15 is 0 Å². The molecule has 0 unspecified atom stereocenters. The molecule has 0 aliphatic heterocycles. The minimum absolute atomic E-state index is 0.163. The van der Waals surface area contributed by atoms with Crippen LogP contribution in [0.5, 0.6) is 0 Å². The van der Waals surface area contributed by atoms with Crippen LogP contribution in [0.1, 0.15) is 10.4 Å². The molecule has 2 N–H and O–H groups in total. The van der Waals surface area contributed by atoms with Gasteiger partial charge in [0.25, 0.3) is 0 Å². The fourth-order valence-electron chi connectivity index (χ4n) is 0.973. The molecule has 0 amide bonds. The predicted octanol–water partition coefficient (Wildman–Crippen LogP) is 2.84. The van der Waals surface area contributed by atoms with Crippen LogP contribution in [0, 0.1) is 0 Å². The van der Waals surface area contributed by atoms with Gasteiger partial charge in [-0.3, -0.25) is 0 Å². The van der Waals surface area contributed by atoms with Gasteiger partial charge in [-0.2, -0.15) is 0 Å². The number of rotatable bonds is 2. The lowest BCUT2D eigenvalue weighted by Crippen LogP contribution is -2.03. The molecule has 1 aromatic carbocycles. The maximum Gasteiger partial charge on any atom is 0.337 e. The molecule has 0 aromatic heterocycles. The average Bonchev–Trinajstić information content (AvgIpc) is 2.09. The lowest BCUT2D eigenvalue weighted by Gasteiger charge is -2.08. The predicted molar refractivity (Wildman–Crippen MR) is 55.7 cm³/mol. The first kappa shape index (κ1) is 10.3. The van der Waals surface area contributed by atoms with Gasteiger partial charge in [-0.25, -0.2) is 4.79 Å². The molecule has 70 valence electrons. The van der Waals surface area contributed by atoms with E-state index in [-0.39, 0.29) is 5.56 Å². The highest BCUT2D eigenvalue weighted by atomic mass is 79.9. The largest absolute Gasteiger partial charge is 0.478 e. The second-order valence-electron chi connectivity index (χ2n) is 2.34. The van der Waals surface area contributed by atoms with E-state index in [2.05, 4.69) is 21.2 Å². The number of hydrogen-bond donors (Lipinski definition) is 2. The van der Waals surface area contributed by atoms with Gasteiger partial charge in [0.2, 0.25) is 0 Å². The maximum atomic E-state index is 10.7. The Morgan fingerprint density at radius 3 is 2.69 bits per heavy atom. The number of benzene rings is 1. The number of halogens is 2. The van der Waals surface area contributed by atoms with E-state index in [1.54, 1.807) is 13.1 Å². The van der Waals surface area contributed by atoms with E-state index in [9.17, 15) is 4.79 Å². The van der Waals surface area contributed by atoms with Crippen molar-refractivity contribution in [3.8, 4) is 0 Å². The Hall–Kier alpha value is -0.740. The molecule has 0 aliphatic carbocycles. The summed E-state index contributed by atoms with van der Waals surface area (Å²) in [5.74, 6) is -1.00. The van der Waals surface area contributed by atoms with Crippen molar-refractivity contribution in [3.63, 3.8) is 0 Å². The normalized spacial score (nSPS) is 9.77. The fraction of sp³-hybridized carbons (Fsp3) is 0.125. The van der Waals surface area contributed by atoms with Gasteiger partial charge < -0.3 is 10.4 Å². The van der Waals surface area contributed by atoms with Crippen molar-refractivity contribution in [2.45, 2.75) is 0 Å². The molecule has 0 atom stereocenters. The third-order valence-electron chi connectivity index (χ3n) is 1.58. The quantitative estimate of drug-likeness (QED) is 0.863. The van der Waals surface area contributed by atoms with Crippen LogP contribution in [-0.2, 0) is 0 Å². The summed E-state index contributed by atoms with van der Waals surface area (Å²) >= 11 is 9.08. The van der Waals surface area contributed by atoms with Gasteiger partial charge in [-0.05, 0) is 28.1 Å². The smallest absolute Gasteiger partial charge is 0.337 e. The topological polar surface area (TPSA) is 49.3 Å². The molecule has 0 heterocycles. The van der Waals surface area contributed by atoms with E-state index < -0.39 is 5.97 Å². The minimum Gasteiger partial charge on any atom is -0.478 e. The van der Waals surface area contributed by atoms with Crippen molar-refractivity contribution in [2.75, 3.05) is 12.4 Å². The molecular formula is C8H7BrClNO2. The van der Waals surface area contributed by atoms with Crippen LogP contribution in [0.2, 0.25) is 5.02 Å². The van der Waals surface area contributed by atoms with Gasteiger partial charge >= 0.3 is 5.97 Å². The van der Waals surface area contributed by atoms with Crippen molar-refractivity contribution in [1.29, 1.82) is 0 Å². The van der Waals surface area contributed by atoms with Gasteiger partial charge in [0.1, 0.15) is 0 Å². The Morgan fingerprint density at radius 2 is 2.23 bits per heavy atom. The number of carboxylic acid groups (broad SMARTS) is 1. The van der Waals surface area contributed by atoms with Gasteiger partial charge in [0.05, 0.1) is 16.3 Å². The fourth-order valence-corrected chi connectivity index (χ4v) is 1.56. The van der Waals surface area contributed by atoms with Gasteiger partial charge in [-0.15, -0.1) is 0 Å². The van der Waals surface area contributed by atoms with Crippen LogP contribution in [0.4, 0.5) is 5.69 Å². The molecule has 0 radical (unpaired) electrons. The second-order valence-corrected chi connectivity index (χ2v) is 3.57. The molecule has 13 heavy (non-hydrogen) atoms. The molecule has 0 bridgehead atoms. The van der Waals surface area contributed by atoms with Crippen molar-refractivity contribution in [3.05, 3.63) is 27.2 Å². The first-order valence-corrected chi connectivity index (χ1v) is 4.64. The zero-order valence-corrected chi connectivity index (χ0v) is 9.11. The van der Waals surface area contributed by atoms with Crippen molar-refractivity contribution in [2.24, 2.45) is 0 Å². The molecule has 0 saturated carbocycles. The Balaban J connectivity index is 3.38. The van der Waals surface area contributed by atoms with Gasteiger partial charge in [0, 0.05) is 11.5 Å². The summed E-state index contributed by atoms with van der Waals surface area (Å²) < 4.78 is 0.670. The van der Waals surface area contributed by atoms with E-state index in [0.29, 0.717) is 15.2 Å². The second kappa shape index (κ2) is 3.98. The molecular weight excluding hydrogens is 257 g/mol. The summed E-state index contributed by atoms with van der Waals surface area (Å²) in [7, 11) is 1.63. The van der Waals surface area contributed by atoms with E-state index in [1.165, 1.54) is 6.07 Å². The number of aromatic carboxylic acids is 1. The zero-order chi connectivity index (χ0) is 10.0. The molecule has 0 saturated heterocycles. The van der Waals surface area contributed by atoms with Crippen LogP contribution in [-0.4, -0.2) is 18.1 Å². The molecule has 1 rings (SSSR count). The summed E-state index contributed by atoms with van der Waals surface area (Å²) in [6.07, 6.45) is 0. The van der Waals surface area contributed by atoms with Gasteiger partial charge in [0.15, 0.2) is 0 Å². The van der Waals surface area contributed by atoms with Crippen LogP contribution in [0.25, 0.3) is 0 Å². The highest BCUT2D eigenvalue weighted by Gasteiger charge is 2.13. The first-order chi connectivity index (χ1) is 6.07. The highest BCUT2D eigenvalue weighted by molar-refractivity contribution is 9.10. The van der Waals surface area contributed by atoms with E-state index in [1.807, 2.05) is 0 Å². The summed E-state index contributed by atoms with van der Waals surface area (Å²) in [6.45, 7) is 0. The highest BCUT2D eigenvalue weighted by Crippen LogP contribution is 2.32. The summed E-state index contributed by atoms with van der Waals surface area (Å²) in [4.78, 5) is 10.7. The lowest BCUT2D eigenvalue weighted by molar-refractivity contribution is 0.0698. The third-order valence-corrected chi connectivity index (χ3v) is 2.86. The lowest BCUT2D eigenvalue weighted by atomic mass is 10.2. The Labute approximate surface area is 88.8 Å². The number of hydrogen-bond acceptors (Lipinski definition) is 2. The molecule has 0 fully saturated rings. The Kier molecular flexibility index (Phi) is 3.17. The van der Waals surface area contributed by atoms with Crippen molar-refractivity contribution < 1.29 is 9.90 Å². The van der Waals surface area contributed by atoms with Crippen LogP contribution < -0.4 is 5.32 Å². The molecule has 0 aliphatic rings. The molecule has 5 heteroatoms. The molecule has 1 aromatic rings. The third kappa shape index (κ3) is 1.95. The average molecular weight is 265 g/mol. The van der Waals surface area contributed by atoms with E-state index in [4.69, 9.17) is 16.7 Å². The Morgan fingerprint density at radius 1 is 1.62 bits per heavy atom. The Bertz CT molecular complexity index is 354. The first-order valence-electron chi connectivity index (χ1n) is 3.47. The van der Waals surface area contributed by atoms with Crippen molar-refractivity contribution >= 4 is 39.2 Å². The van der Waals surface area contributed by atoms with Gasteiger partial charge in [-0.1, -0.05) is 11.6 Å². The minimum atomic E-state index is -1.00. The number of anilines is 1. The monoisotopic (exact) mass is 263 g/mol. The van der Waals surface area contributed by atoms with Crippen LogP contribution in [0.15, 0.2) is 16.6 Å². The molecule has 3 nitrogen and oxygen atoms in total. The standard InChI is InChI=1S/C8H7BrClNO2/c1-11-7-4(8(12)13)2-3-5(9)6(7)10/h2-3,11H,1H3,(H,12,13). The van der Waals surface area contributed by atoms with E-state index in [0.717, 1.165) is 0 Å². The number of carboxylic acids is 1. The maximum absolute atomic E-state index is 10.7. The number of nitrogens with one attached hydrogen (secondary N) is 1. The summed E-state index contributed by atoms with van der Waals surface area (Å²) in [5.41, 5.74) is 0.583. The van der Waals surface area contributed by atoms with Crippen LogP contribution >= 0.6 is 27.5 Å². The van der Waals surface area contributed by atoms with Crippen molar-refractivity contribution in [1.82, 2.24) is 0 Å². The zero-order valence-electron chi connectivity index (χ0n) is 6.77.